The van der Waals surface area contributed by atoms with Gasteiger partial charge in [-0.3, -0.25) is 9.69 Å². The first-order chi connectivity index (χ1) is 17.1. The first kappa shape index (κ1) is 22.7. The summed E-state index contributed by atoms with van der Waals surface area (Å²) in [5.41, 5.74) is 8.12. The van der Waals surface area contributed by atoms with Gasteiger partial charge in [0, 0.05) is 37.8 Å². The first-order valence-electron chi connectivity index (χ1n) is 11.4. The summed E-state index contributed by atoms with van der Waals surface area (Å²) in [6.45, 7) is 7.37. The van der Waals surface area contributed by atoms with Gasteiger partial charge in [-0.25, -0.2) is 14.6 Å². The molecule has 182 valence electrons. The van der Waals surface area contributed by atoms with Crippen molar-refractivity contribution >= 4 is 28.6 Å². The quantitative estimate of drug-likeness (QED) is 0.386. The van der Waals surface area contributed by atoms with Gasteiger partial charge in [-0.15, -0.1) is 0 Å². The molecule has 12 heteroatoms. The standard InChI is InChI=1S/C23H26N8O4/c1-2-31-18-13-19(25-14-17(18)26-22(31)20-21(24)29-35-28-20)27-23(32)15-3-5-16(6-4-15)34-12-9-30-7-10-33-11-8-30/h3-6,13-14H,2,7-12H2,1H3,(H2,24,29)(H,25,27,32). The third-order valence-electron chi connectivity index (χ3n) is 5.81. The number of benzene rings is 1. The maximum Gasteiger partial charge on any atom is 0.256 e. The number of hydrogen-bond donors (Lipinski definition) is 2. The molecule has 3 aromatic heterocycles. The Balaban J connectivity index is 1.24. The molecule has 35 heavy (non-hydrogen) atoms. The summed E-state index contributed by atoms with van der Waals surface area (Å²) in [6, 6.07) is 8.80. The number of nitrogens with zero attached hydrogens (tertiary/aromatic N) is 6. The molecular weight excluding hydrogens is 452 g/mol. The van der Waals surface area contributed by atoms with E-state index in [4.69, 9.17) is 19.8 Å². The Morgan fingerprint density at radius 1 is 1.20 bits per heavy atom. The molecule has 0 unspecified atom stereocenters. The largest absolute Gasteiger partial charge is 0.492 e. The van der Waals surface area contributed by atoms with Crippen LogP contribution in [0.15, 0.2) is 41.2 Å². The molecule has 0 bridgehead atoms. The number of pyridine rings is 1. The number of carbonyl (C=O) groups is 1. The van der Waals surface area contributed by atoms with Crippen LogP contribution in [0.4, 0.5) is 11.6 Å². The zero-order chi connectivity index (χ0) is 24.2. The van der Waals surface area contributed by atoms with E-state index in [2.05, 4.69) is 30.5 Å². The van der Waals surface area contributed by atoms with Crippen molar-refractivity contribution in [1.82, 2.24) is 29.7 Å². The summed E-state index contributed by atoms with van der Waals surface area (Å²) >= 11 is 0. The Bertz CT molecular complexity index is 1310. The van der Waals surface area contributed by atoms with E-state index in [0.29, 0.717) is 41.6 Å². The molecule has 1 aliphatic heterocycles. The summed E-state index contributed by atoms with van der Waals surface area (Å²) in [6.07, 6.45) is 1.59. The van der Waals surface area contributed by atoms with E-state index >= 15 is 0 Å². The Kier molecular flexibility index (Phi) is 6.55. The van der Waals surface area contributed by atoms with Crippen LogP contribution in [0.1, 0.15) is 17.3 Å². The highest BCUT2D eigenvalue weighted by Gasteiger charge is 2.19. The summed E-state index contributed by atoms with van der Waals surface area (Å²) in [4.78, 5) is 24.0. The van der Waals surface area contributed by atoms with Crippen LogP contribution >= 0.6 is 0 Å². The number of hydrogen-bond acceptors (Lipinski definition) is 10. The molecule has 1 aromatic carbocycles. The normalized spacial score (nSPS) is 14.3. The number of amides is 1. The van der Waals surface area contributed by atoms with E-state index in [1.165, 1.54) is 0 Å². The number of aryl methyl sites for hydroxylation is 1. The molecule has 1 amide bonds. The number of rotatable bonds is 8. The topological polar surface area (TPSA) is 146 Å². The third-order valence-corrected chi connectivity index (χ3v) is 5.81. The van der Waals surface area contributed by atoms with Crippen molar-refractivity contribution in [3.8, 4) is 17.3 Å². The number of anilines is 2. The lowest BCUT2D eigenvalue weighted by atomic mass is 10.2. The smallest absolute Gasteiger partial charge is 0.256 e. The summed E-state index contributed by atoms with van der Waals surface area (Å²) in [7, 11) is 0. The molecule has 1 saturated heterocycles. The number of aromatic nitrogens is 5. The minimum Gasteiger partial charge on any atom is -0.492 e. The molecule has 3 N–H and O–H groups in total. The molecule has 1 aliphatic rings. The van der Waals surface area contributed by atoms with Crippen molar-refractivity contribution in [1.29, 1.82) is 0 Å². The number of fused-ring (bicyclic) bond motifs is 1. The van der Waals surface area contributed by atoms with E-state index in [-0.39, 0.29) is 11.7 Å². The number of carbonyl (C=O) groups excluding carboxylic acids is 1. The molecule has 4 aromatic rings. The molecule has 1 fully saturated rings. The van der Waals surface area contributed by atoms with Crippen LogP contribution < -0.4 is 15.8 Å². The zero-order valence-corrected chi connectivity index (χ0v) is 19.3. The maximum atomic E-state index is 12.8. The highest BCUT2D eigenvalue weighted by Crippen LogP contribution is 2.27. The lowest BCUT2D eigenvalue weighted by Gasteiger charge is -2.26. The highest BCUT2D eigenvalue weighted by molar-refractivity contribution is 6.04. The molecule has 0 aliphatic carbocycles. The van der Waals surface area contributed by atoms with Gasteiger partial charge in [-0.1, -0.05) is 0 Å². The van der Waals surface area contributed by atoms with Gasteiger partial charge < -0.3 is 25.1 Å². The van der Waals surface area contributed by atoms with Crippen LogP contribution in [0.25, 0.3) is 22.6 Å². The fourth-order valence-electron chi connectivity index (χ4n) is 3.96. The number of ether oxygens (including phenoxy) is 2. The second kappa shape index (κ2) is 10.1. The minimum atomic E-state index is -0.274. The number of morpholine rings is 1. The van der Waals surface area contributed by atoms with Crippen LogP contribution in [-0.2, 0) is 11.3 Å². The van der Waals surface area contributed by atoms with E-state index in [9.17, 15) is 4.79 Å². The predicted molar refractivity (Wildman–Crippen MR) is 128 cm³/mol. The van der Waals surface area contributed by atoms with Gasteiger partial charge in [0.15, 0.2) is 17.3 Å². The fourth-order valence-corrected chi connectivity index (χ4v) is 3.96. The van der Waals surface area contributed by atoms with Gasteiger partial charge in [0.1, 0.15) is 23.7 Å². The molecule has 0 spiro atoms. The molecule has 5 rings (SSSR count). The van der Waals surface area contributed by atoms with Crippen LogP contribution in [0, 0.1) is 0 Å². The van der Waals surface area contributed by atoms with Crippen LogP contribution in [-0.4, -0.2) is 75.1 Å². The van der Waals surface area contributed by atoms with Crippen molar-refractivity contribution < 1.29 is 18.9 Å². The zero-order valence-electron chi connectivity index (χ0n) is 19.3. The van der Waals surface area contributed by atoms with Gasteiger partial charge in [0.25, 0.3) is 5.91 Å². The Labute approximate surface area is 201 Å². The Morgan fingerprint density at radius 2 is 2.00 bits per heavy atom. The minimum absolute atomic E-state index is 0.157. The van der Waals surface area contributed by atoms with Crippen molar-refractivity contribution in [3.05, 3.63) is 42.1 Å². The molecule has 0 radical (unpaired) electrons. The third kappa shape index (κ3) is 4.93. The number of imidazole rings is 1. The first-order valence-corrected chi connectivity index (χ1v) is 11.4. The van der Waals surface area contributed by atoms with Crippen molar-refractivity contribution in [3.63, 3.8) is 0 Å². The predicted octanol–water partition coefficient (Wildman–Crippen LogP) is 2.05. The summed E-state index contributed by atoms with van der Waals surface area (Å²) < 4.78 is 17.8. The van der Waals surface area contributed by atoms with E-state index < -0.39 is 0 Å². The SMILES string of the molecule is CCn1c(-c2nonc2N)nc2cnc(NC(=O)c3ccc(OCCN4CCOCC4)cc3)cc21. The number of nitrogen functional groups attached to an aromatic ring is 1. The van der Waals surface area contributed by atoms with Gasteiger partial charge in [0.2, 0.25) is 0 Å². The van der Waals surface area contributed by atoms with Crippen molar-refractivity contribution in [2.45, 2.75) is 13.5 Å². The van der Waals surface area contributed by atoms with E-state index in [1.807, 2.05) is 11.5 Å². The van der Waals surface area contributed by atoms with Gasteiger partial charge in [-0.05, 0) is 41.5 Å². The fraction of sp³-hybridized carbons (Fsp3) is 0.348. The maximum absolute atomic E-state index is 12.8. The van der Waals surface area contributed by atoms with Crippen molar-refractivity contribution in [2.75, 3.05) is 50.5 Å². The Morgan fingerprint density at radius 3 is 2.71 bits per heavy atom. The van der Waals surface area contributed by atoms with Gasteiger partial charge >= 0.3 is 0 Å². The number of nitrogens with one attached hydrogen (secondary N) is 1. The average molecular weight is 479 g/mol. The molecular formula is C23H26N8O4. The number of nitrogens with two attached hydrogens (primary N) is 1. The molecule has 4 heterocycles. The van der Waals surface area contributed by atoms with Crippen LogP contribution in [0.3, 0.4) is 0 Å². The van der Waals surface area contributed by atoms with Crippen LogP contribution in [0.2, 0.25) is 0 Å². The molecule has 0 atom stereocenters. The van der Waals surface area contributed by atoms with E-state index in [1.54, 1.807) is 36.5 Å². The lowest BCUT2D eigenvalue weighted by molar-refractivity contribution is 0.0322. The Hall–Kier alpha value is -4.03. The highest BCUT2D eigenvalue weighted by atomic mass is 16.6. The molecule has 0 saturated carbocycles. The molecule has 12 nitrogen and oxygen atoms in total. The summed E-state index contributed by atoms with van der Waals surface area (Å²) in [5, 5.41) is 10.3. The second-order valence-electron chi connectivity index (χ2n) is 8.02. The average Bonchev–Trinajstić information content (AvgIpc) is 3.47. The summed E-state index contributed by atoms with van der Waals surface area (Å²) in [5.74, 6) is 1.53. The second-order valence-corrected chi connectivity index (χ2v) is 8.02. The monoisotopic (exact) mass is 478 g/mol. The van der Waals surface area contributed by atoms with Crippen molar-refractivity contribution in [2.24, 2.45) is 0 Å². The van der Waals surface area contributed by atoms with Gasteiger partial charge in [0.05, 0.1) is 24.9 Å². The van der Waals surface area contributed by atoms with E-state index in [0.717, 1.165) is 44.1 Å². The lowest BCUT2D eigenvalue weighted by Crippen LogP contribution is -2.38. The van der Waals surface area contributed by atoms with Crippen LogP contribution in [0.5, 0.6) is 5.75 Å². The van der Waals surface area contributed by atoms with Gasteiger partial charge in [-0.2, -0.15) is 0 Å².